The van der Waals surface area contributed by atoms with Crippen LogP contribution in [0.25, 0.3) is 11.5 Å². The third kappa shape index (κ3) is 5.32. The summed E-state index contributed by atoms with van der Waals surface area (Å²) in [7, 11) is 0. The normalized spacial score (nSPS) is 15.9. The number of halogens is 3. The van der Waals surface area contributed by atoms with Gasteiger partial charge in [0.1, 0.15) is 12.1 Å². The van der Waals surface area contributed by atoms with Crippen molar-refractivity contribution in [1.82, 2.24) is 20.2 Å². The number of piperazine rings is 1. The summed E-state index contributed by atoms with van der Waals surface area (Å²) in [5, 5.41) is 3.33. The summed E-state index contributed by atoms with van der Waals surface area (Å²) >= 11 is 0. The highest BCUT2D eigenvalue weighted by Gasteiger charge is 2.28. The molecular formula is C20H21Cl2FN4O2. The molecule has 0 radical (unpaired) electrons. The van der Waals surface area contributed by atoms with E-state index in [-0.39, 0.29) is 49.0 Å². The standard InChI is InChI=1S/C20H19FN4O2.2ClH/c21-16-5-3-14(4-6-16)20-24-17(13-27-20)10-19(26)25-9-8-23-12-18(25)15-2-1-7-22-11-15;;/h1-7,11,13,18,23H,8-10,12H2;2*1H. The predicted octanol–water partition coefficient (Wildman–Crippen LogP) is 3.43. The zero-order valence-corrected chi connectivity index (χ0v) is 17.1. The predicted molar refractivity (Wildman–Crippen MR) is 112 cm³/mol. The topological polar surface area (TPSA) is 71.3 Å². The van der Waals surface area contributed by atoms with Crippen LogP contribution in [-0.2, 0) is 11.2 Å². The average Bonchev–Trinajstić information content (AvgIpc) is 3.17. The van der Waals surface area contributed by atoms with Gasteiger partial charge in [-0.25, -0.2) is 9.37 Å². The number of hydrogen-bond acceptors (Lipinski definition) is 5. The Balaban J connectivity index is 0.00000150. The molecule has 1 unspecified atom stereocenters. The van der Waals surface area contributed by atoms with E-state index in [9.17, 15) is 9.18 Å². The monoisotopic (exact) mass is 438 g/mol. The number of hydrogen-bond donors (Lipinski definition) is 1. The minimum atomic E-state index is -0.319. The first-order chi connectivity index (χ1) is 13.2. The van der Waals surface area contributed by atoms with Crippen LogP contribution in [0.4, 0.5) is 4.39 Å². The Kier molecular flexibility index (Phi) is 8.13. The van der Waals surface area contributed by atoms with Crippen LogP contribution in [0.15, 0.2) is 59.5 Å². The van der Waals surface area contributed by atoms with Crippen LogP contribution in [0, 0.1) is 5.82 Å². The lowest BCUT2D eigenvalue weighted by molar-refractivity contribution is -0.133. The number of oxazole rings is 1. The number of nitrogens with zero attached hydrogens (tertiary/aromatic N) is 3. The van der Waals surface area contributed by atoms with Crippen LogP contribution < -0.4 is 5.32 Å². The van der Waals surface area contributed by atoms with E-state index in [0.717, 1.165) is 12.1 Å². The van der Waals surface area contributed by atoms with E-state index in [1.54, 1.807) is 24.5 Å². The van der Waals surface area contributed by atoms with Crippen molar-refractivity contribution in [1.29, 1.82) is 0 Å². The van der Waals surface area contributed by atoms with Crippen LogP contribution >= 0.6 is 24.8 Å². The largest absolute Gasteiger partial charge is 0.444 e. The highest BCUT2D eigenvalue weighted by molar-refractivity contribution is 5.85. The number of aromatic nitrogens is 2. The number of nitrogens with one attached hydrogen (secondary N) is 1. The second-order valence-corrected chi connectivity index (χ2v) is 6.42. The summed E-state index contributed by atoms with van der Waals surface area (Å²) < 4.78 is 18.5. The summed E-state index contributed by atoms with van der Waals surface area (Å²) in [6.45, 7) is 2.07. The SMILES string of the molecule is Cl.Cl.O=C(Cc1coc(-c2ccc(F)cc2)n1)N1CCNCC1c1cccnc1. The van der Waals surface area contributed by atoms with Crippen LogP contribution in [0.5, 0.6) is 0 Å². The van der Waals surface area contributed by atoms with Crippen molar-refractivity contribution in [3.63, 3.8) is 0 Å². The Morgan fingerprint density at radius 1 is 1.24 bits per heavy atom. The third-order valence-corrected chi connectivity index (χ3v) is 4.61. The van der Waals surface area contributed by atoms with Crippen molar-refractivity contribution in [2.24, 2.45) is 0 Å². The molecule has 154 valence electrons. The van der Waals surface area contributed by atoms with E-state index in [4.69, 9.17) is 4.42 Å². The van der Waals surface area contributed by atoms with Crippen molar-refractivity contribution >= 4 is 30.7 Å². The molecule has 1 aliphatic rings. The van der Waals surface area contributed by atoms with Gasteiger partial charge in [0, 0.05) is 37.6 Å². The minimum absolute atomic E-state index is 0. The molecule has 1 saturated heterocycles. The summed E-state index contributed by atoms with van der Waals surface area (Å²) in [6.07, 6.45) is 5.15. The van der Waals surface area contributed by atoms with Crippen LogP contribution in [0.1, 0.15) is 17.3 Å². The van der Waals surface area contributed by atoms with Gasteiger partial charge in [-0.3, -0.25) is 9.78 Å². The molecule has 1 aliphatic heterocycles. The maximum atomic E-state index is 13.1. The quantitative estimate of drug-likeness (QED) is 0.675. The minimum Gasteiger partial charge on any atom is -0.444 e. The molecule has 0 bridgehead atoms. The molecule has 1 fully saturated rings. The second-order valence-electron chi connectivity index (χ2n) is 6.42. The molecule has 1 N–H and O–H groups in total. The third-order valence-electron chi connectivity index (χ3n) is 4.61. The molecule has 6 nitrogen and oxygen atoms in total. The highest BCUT2D eigenvalue weighted by Crippen LogP contribution is 2.23. The molecule has 9 heteroatoms. The van der Waals surface area contributed by atoms with Gasteiger partial charge in [0.25, 0.3) is 0 Å². The maximum absolute atomic E-state index is 13.1. The van der Waals surface area contributed by atoms with Gasteiger partial charge in [-0.15, -0.1) is 24.8 Å². The van der Waals surface area contributed by atoms with Gasteiger partial charge in [0.05, 0.1) is 18.2 Å². The van der Waals surface area contributed by atoms with E-state index >= 15 is 0 Å². The molecule has 0 spiro atoms. The second kappa shape index (κ2) is 10.3. The van der Waals surface area contributed by atoms with Gasteiger partial charge >= 0.3 is 0 Å². The summed E-state index contributed by atoms with van der Waals surface area (Å²) in [6, 6.07) is 9.70. The first-order valence-electron chi connectivity index (χ1n) is 8.81. The smallest absolute Gasteiger partial charge is 0.229 e. The molecule has 0 aliphatic carbocycles. The highest BCUT2D eigenvalue weighted by atomic mass is 35.5. The molecule has 29 heavy (non-hydrogen) atoms. The summed E-state index contributed by atoms with van der Waals surface area (Å²) in [5.41, 5.74) is 2.23. The molecule has 1 atom stereocenters. The fraction of sp³-hybridized carbons (Fsp3) is 0.250. The lowest BCUT2D eigenvalue weighted by Crippen LogP contribution is -2.49. The van der Waals surface area contributed by atoms with E-state index < -0.39 is 0 Å². The van der Waals surface area contributed by atoms with Crippen LogP contribution in [-0.4, -0.2) is 40.4 Å². The van der Waals surface area contributed by atoms with E-state index in [0.29, 0.717) is 30.2 Å². The van der Waals surface area contributed by atoms with Crippen molar-refractivity contribution in [3.8, 4) is 11.5 Å². The van der Waals surface area contributed by atoms with Crippen molar-refractivity contribution in [2.75, 3.05) is 19.6 Å². The Morgan fingerprint density at radius 3 is 2.76 bits per heavy atom. The van der Waals surface area contributed by atoms with E-state index in [2.05, 4.69) is 15.3 Å². The van der Waals surface area contributed by atoms with Crippen LogP contribution in [0.2, 0.25) is 0 Å². The lowest BCUT2D eigenvalue weighted by atomic mass is 10.0. The van der Waals surface area contributed by atoms with Crippen molar-refractivity contribution < 1.29 is 13.6 Å². The molecule has 0 saturated carbocycles. The number of carbonyl (C=O) groups excluding carboxylic acids is 1. The number of pyridine rings is 1. The van der Waals surface area contributed by atoms with Gasteiger partial charge in [-0.2, -0.15) is 0 Å². The van der Waals surface area contributed by atoms with Gasteiger partial charge in [0.2, 0.25) is 11.8 Å². The van der Waals surface area contributed by atoms with E-state index in [1.807, 2.05) is 17.0 Å². The van der Waals surface area contributed by atoms with Gasteiger partial charge in [-0.1, -0.05) is 6.07 Å². The number of amides is 1. The number of rotatable bonds is 4. The molecule has 3 heterocycles. The summed E-state index contributed by atoms with van der Waals surface area (Å²) in [5.74, 6) is 0.0482. The number of carbonyl (C=O) groups is 1. The molecule has 1 aromatic carbocycles. The number of benzene rings is 1. The zero-order chi connectivity index (χ0) is 18.6. The van der Waals surface area contributed by atoms with Gasteiger partial charge < -0.3 is 14.6 Å². The molecule has 2 aromatic heterocycles. The Hall–Kier alpha value is -2.48. The van der Waals surface area contributed by atoms with Gasteiger partial charge in [0.15, 0.2) is 0 Å². The summed E-state index contributed by atoms with van der Waals surface area (Å²) in [4.78, 5) is 23.3. The Labute approximate surface area is 180 Å². The lowest BCUT2D eigenvalue weighted by Gasteiger charge is -2.36. The molecule has 4 rings (SSSR count). The Bertz CT molecular complexity index is 922. The fourth-order valence-electron chi connectivity index (χ4n) is 3.24. The zero-order valence-electron chi connectivity index (χ0n) is 15.5. The van der Waals surface area contributed by atoms with Crippen molar-refractivity contribution in [3.05, 3.63) is 72.1 Å². The van der Waals surface area contributed by atoms with Crippen molar-refractivity contribution in [2.45, 2.75) is 12.5 Å². The molecule has 1 amide bonds. The Morgan fingerprint density at radius 2 is 2.03 bits per heavy atom. The fourth-order valence-corrected chi connectivity index (χ4v) is 3.24. The maximum Gasteiger partial charge on any atom is 0.229 e. The molecule has 3 aromatic rings. The first kappa shape index (κ1) is 22.8. The van der Waals surface area contributed by atoms with Gasteiger partial charge in [-0.05, 0) is 35.9 Å². The van der Waals surface area contributed by atoms with E-state index in [1.165, 1.54) is 18.4 Å². The van der Waals surface area contributed by atoms with Crippen LogP contribution in [0.3, 0.4) is 0 Å². The first-order valence-corrected chi connectivity index (χ1v) is 8.81. The average molecular weight is 439 g/mol. The molecular weight excluding hydrogens is 418 g/mol.